The van der Waals surface area contributed by atoms with Crippen LogP contribution in [-0.2, 0) is 10.8 Å². The van der Waals surface area contributed by atoms with Crippen LogP contribution in [0.4, 0.5) is 0 Å². The second kappa shape index (κ2) is 8.09. The molecule has 2 nitrogen and oxygen atoms in total. The standard InChI is InChI=1S/C22H28O2S/c1-14(2)18-11-19(15(3)4)22(20(12-18)16(5)6)25(24)21-10-8-7-9-17(21)13-23/h7-16H,1-6H3. The van der Waals surface area contributed by atoms with Crippen molar-refractivity contribution in [3.8, 4) is 0 Å². The van der Waals surface area contributed by atoms with Crippen LogP contribution in [0.15, 0.2) is 46.2 Å². The quantitative estimate of drug-likeness (QED) is 0.592. The smallest absolute Gasteiger partial charge is 0.151 e. The van der Waals surface area contributed by atoms with Gasteiger partial charge in [-0.2, -0.15) is 0 Å². The van der Waals surface area contributed by atoms with Crippen LogP contribution in [0.25, 0.3) is 0 Å². The maximum atomic E-state index is 13.5. The van der Waals surface area contributed by atoms with Crippen molar-refractivity contribution in [3.63, 3.8) is 0 Å². The molecule has 1 atom stereocenters. The van der Waals surface area contributed by atoms with E-state index in [1.807, 2.05) is 6.07 Å². The Bertz CT molecular complexity index is 759. The third-order valence-electron chi connectivity index (χ3n) is 4.51. The van der Waals surface area contributed by atoms with Gasteiger partial charge in [0, 0.05) is 5.56 Å². The van der Waals surface area contributed by atoms with Crippen LogP contribution >= 0.6 is 0 Å². The van der Waals surface area contributed by atoms with Crippen molar-refractivity contribution in [2.24, 2.45) is 0 Å². The third-order valence-corrected chi connectivity index (χ3v) is 6.12. The fraction of sp³-hybridized carbons (Fsp3) is 0.409. The van der Waals surface area contributed by atoms with Crippen LogP contribution in [0.5, 0.6) is 0 Å². The molecule has 134 valence electrons. The average molecular weight is 357 g/mol. The Balaban J connectivity index is 2.78. The minimum Gasteiger partial charge on any atom is -0.298 e. The maximum absolute atomic E-state index is 13.5. The lowest BCUT2D eigenvalue weighted by atomic mass is 9.89. The number of hydrogen-bond donors (Lipinski definition) is 0. The van der Waals surface area contributed by atoms with Crippen molar-refractivity contribution in [1.29, 1.82) is 0 Å². The van der Waals surface area contributed by atoms with Crippen LogP contribution in [0, 0.1) is 0 Å². The summed E-state index contributed by atoms with van der Waals surface area (Å²) in [6, 6.07) is 11.6. The SMILES string of the molecule is CC(C)c1cc(C(C)C)c(S(=O)c2ccccc2C=O)c(C(C)C)c1. The molecule has 2 aromatic carbocycles. The van der Waals surface area contributed by atoms with Crippen molar-refractivity contribution < 1.29 is 9.00 Å². The summed E-state index contributed by atoms with van der Waals surface area (Å²) in [5.74, 6) is 0.942. The van der Waals surface area contributed by atoms with E-state index in [1.165, 1.54) is 5.56 Å². The molecule has 0 aliphatic heterocycles. The van der Waals surface area contributed by atoms with Gasteiger partial charge >= 0.3 is 0 Å². The molecular weight excluding hydrogens is 328 g/mol. The fourth-order valence-electron chi connectivity index (χ4n) is 2.96. The highest BCUT2D eigenvalue weighted by Gasteiger charge is 2.23. The summed E-state index contributed by atoms with van der Waals surface area (Å²) in [4.78, 5) is 12.9. The van der Waals surface area contributed by atoms with E-state index in [4.69, 9.17) is 0 Å². The highest BCUT2D eigenvalue weighted by molar-refractivity contribution is 7.85. The van der Waals surface area contributed by atoms with Crippen molar-refractivity contribution in [1.82, 2.24) is 0 Å². The monoisotopic (exact) mass is 356 g/mol. The lowest BCUT2D eigenvalue weighted by Gasteiger charge is -2.22. The topological polar surface area (TPSA) is 34.1 Å². The van der Waals surface area contributed by atoms with Gasteiger partial charge in [-0.25, -0.2) is 4.21 Å². The molecule has 0 fully saturated rings. The molecule has 1 unspecified atom stereocenters. The van der Waals surface area contributed by atoms with Crippen LogP contribution in [0.1, 0.15) is 86.3 Å². The molecule has 2 aromatic rings. The van der Waals surface area contributed by atoms with Crippen molar-refractivity contribution in [2.75, 3.05) is 0 Å². The van der Waals surface area contributed by atoms with E-state index in [2.05, 4.69) is 53.7 Å². The molecule has 0 aromatic heterocycles. The summed E-state index contributed by atoms with van der Waals surface area (Å²) >= 11 is 0. The first-order valence-corrected chi connectivity index (χ1v) is 10.1. The Morgan fingerprint density at radius 1 is 0.840 bits per heavy atom. The van der Waals surface area contributed by atoms with E-state index in [-0.39, 0.29) is 11.8 Å². The Labute approximate surface area is 154 Å². The summed E-state index contributed by atoms with van der Waals surface area (Å²) in [6.45, 7) is 12.9. The van der Waals surface area contributed by atoms with E-state index in [1.54, 1.807) is 18.2 Å². The van der Waals surface area contributed by atoms with Gasteiger partial charge < -0.3 is 0 Å². The molecule has 2 rings (SSSR count). The lowest BCUT2D eigenvalue weighted by molar-refractivity contribution is 0.112. The molecule has 0 saturated carbocycles. The molecule has 0 saturated heterocycles. The number of aldehydes is 1. The van der Waals surface area contributed by atoms with Crippen molar-refractivity contribution >= 4 is 17.1 Å². The van der Waals surface area contributed by atoms with E-state index in [9.17, 15) is 9.00 Å². The highest BCUT2D eigenvalue weighted by Crippen LogP contribution is 2.36. The first-order valence-electron chi connectivity index (χ1n) is 8.91. The van der Waals surface area contributed by atoms with Gasteiger partial charge in [-0.05, 0) is 40.5 Å². The minimum absolute atomic E-state index is 0.263. The highest BCUT2D eigenvalue weighted by atomic mass is 32.2. The molecule has 3 heteroatoms. The summed E-state index contributed by atoms with van der Waals surface area (Å²) in [5, 5.41) is 0. The van der Waals surface area contributed by atoms with E-state index in [0.29, 0.717) is 16.4 Å². The molecule has 0 radical (unpaired) electrons. The largest absolute Gasteiger partial charge is 0.298 e. The molecule has 0 aliphatic rings. The predicted octanol–water partition coefficient (Wildman–Crippen LogP) is 6.04. The summed E-state index contributed by atoms with van der Waals surface area (Å²) in [7, 11) is -1.38. The van der Waals surface area contributed by atoms with Gasteiger partial charge in [0.25, 0.3) is 0 Å². The number of carbonyl (C=O) groups is 1. The van der Waals surface area contributed by atoms with Gasteiger partial charge in [-0.3, -0.25) is 4.79 Å². The molecule has 0 amide bonds. The maximum Gasteiger partial charge on any atom is 0.151 e. The Morgan fingerprint density at radius 3 is 1.80 bits per heavy atom. The molecule has 0 spiro atoms. The molecule has 25 heavy (non-hydrogen) atoms. The van der Waals surface area contributed by atoms with Crippen molar-refractivity contribution in [3.05, 3.63) is 58.7 Å². The van der Waals surface area contributed by atoms with Gasteiger partial charge in [0.1, 0.15) is 0 Å². The number of benzene rings is 2. The zero-order valence-electron chi connectivity index (χ0n) is 16.0. The Hall–Kier alpha value is -1.74. The van der Waals surface area contributed by atoms with Crippen LogP contribution in [0.3, 0.4) is 0 Å². The van der Waals surface area contributed by atoms with Gasteiger partial charge in [-0.15, -0.1) is 0 Å². The zero-order valence-corrected chi connectivity index (χ0v) is 16.8. The van der Waals surface area contributed by atoms with Crippen molar-refractivity contribution in [2.45, 2.75) is 69.1 Å². The average Bonchev–Trinajstić information content (AvgIpc) is 2.59. The second-order valence-electron chi connectivity index (χ2n) is 7.42. The summed E-state index contributed by atoms with van der Waals surface area (Å²) in [6.07, 6.45) is 0.791. The molecule has 0 aliphatic carbocycles. The molecule has 0 bridgehead atoms. The van der Waals surface area contributed by atoms with Crippen LogP contribution in [0.2, 0.25) is 0 Å². The number of rotatable bonds is 6. The van der Waals surface area contributed by atoms with Gasteiger partial charge in [0.2, 0.25) is 0 Å². The second-order valence-corrected chi connectivity index (χ2v) is 8.80. The van der Waals surface area contributed by atoms with Crippen LogP contribution < -0.4 is 0 Å². The molecule has 0 heterocycles. The minimum atomic E-state index is -1.38. The zero-order chi connectivity index (χ0) is 18.7. The van der Waals surface area contributed by atoms with E-state index < -0.39 is 10.8 Å². The first kappa shape index (κ1) is 19.6. The first-order chi connectivity index (χ1) is 11.8. The summed E-state index contributed by atoms with van der Waals surface area (Å²) < 4.78 is 13.5. The third kappa shape index (κ3) is 4.09. The van der Waals surface area contributed by atoms with Gasteiger partial charge in [0.05, 0.1) is 20.6 Å². The molecule has 0 N–H and O–H groups in total. The Morgan fingerprint density at radius 2 is 1.36 bits per heavy atom. The van der Waals surface area contributed by atoms with Gasteiger partial charge in [-0.1, -0.05) is 71.9 Å². The van der Waals surface area contributed by atoms with E-state index in [0.717, 1.165) is 22.3 Å². The number of carbonyl (C=O) groups excluding carboxylic acids is 1. The lowest BCUT2D eigenvalue weighted by Crippen LogP contribution is -2.09. The van der Waals surface area contributed by atoms with Crippen LogP contribution in [-0.4, -0.2) is 10.5 Å². The van der Waals surface area contributed by atoms with Gasteiger partial charge in [0.15, 0.2) is 6.29 Å². The molecular formula is C22H28O2S. The fourth-order valence-corrected chi connectivity index (χ4v) is 4.73. The number of hydrogen-bond acceptors (Lipinski definition) is 2. The normalized spacial score (nSPS) is 12.8. The predicted molar refractivity (Wildman–Crippen MR) is 105 cm³/mol. The Kier molecular flexibility index (Phi) is 6.34. The van der Waals surface area contributed by atoms with E-state index >= 15 is 0 Å². The summed E-state index contributed by atoms with van der Waals surface area (Å²) in [5.41, 5.74) is 4.01.